The Kier molecular flexibility index (Phi) is 7.50. The molecule has 0 spiro atoms. The largest absolute Gasteiger partial charge is 0.468 e. The highest BCUT2D eigenvalue weighted by atomic mass is 28.3. The molecule has 0 N–H and O–H groups in total. The zero-order chi connectivity index (χ0) is 28.5. The fraction of sp³-hybridized carbons (Fsp3) is 0.375. The molecule has 2 aliphatic heterocycles. The first-order valence-electron chi connectivity index (χ1n) is 13.5. The maximum Gasteiger partial charge on any atom is 0.326 e. The van der Waals surface area contributed by atoms with Gasteiger partial charge >= 0.3 is 11.9 Å². The van der Waals surface area contributed by atoms with Gasteiger partial charge < -0.3 is 23.7 Å². The Morgan fingerprint density at radius 2 is 1.40 bits per heavy atom. The summed E-state index contributed by atoms with van der Waals surface area (Å²) in [6.45, 7) is 6.94. The summed E-state index contributed by atoms with van der Waals surface area (Å²) in [6.07, 6.45) is -1.22. The van der Waals surface area contributed by atoms with Crippen LogP contribution < -0.4 is 19.8 Å². The van der Waals surface area contributed by atoms with Crippen LogP contribution in [0, 0.1) is 5.41 Å². The van der Waals surface area contributed by atoms with E-state index >= 15 is 0 Å². The number of rotatable bonds is 7. The van der Waals surface area contributed by atoms with E-state index in [9.17, 15) is 9.59 Å². The molecule has 0 aromatic heterocycles. The second-order valence-electron chi connectivity index (χ2n) is 11.5. The van der Waals surface area contributed by atoms with E-state index in [0.29, 0.717) is 23.1 Å². The van der Waals surface area contributed by atoms with Gasteiger partial charge in [-0.15, -0.1) is 0 Å². The van der Waals surface area contributed by atoms with Gasteiger partial charge in [-0.3, -0.25) is 9.59 Å². The normalized spacial score (nSPS) is 19.7. The molecule has 0 bridgehead atoms. The van der Waals surface area contributed by atoms with Crippen LogP contribution in [-0.4, -0.2) is 47.1 Å². The SMILES string of the molecule is COC(=O)C1(C(=O)OC)CC(C[Si](c2ccccc2)(c2ccccc2)C(C)(C)C)OC1c1ccc2c(c1)OCO2. The number of carbonyl (C=O) groups is 2. The van der Waals surface area contributed by atoms with Gasteiger partial charge in [-0.25, -0.2) is 0 Å². The van der Waals surface area contributed by atoms with E-state index in [4.69, 9.17) is 23.7 Å². The van der Waals surface area contributed by atoms with E-state index in [2.05, 4.69) is 69.3 Å². The van der Waals surface area contributed by atoms with Gasteiger partial charge in [0.05, 0.1) is 20.3 Å². The second kappa shape index (κ2) is 10.7. The summed E-state index contributed by atoms with van der Waals surface area (Å²) < 4.78 is 28.4. The Morgan fingerprint density at radius 3 is 1.93 bits per heavy atom. The highest BCUT2D eigenvalue weighted by Crippen LogP contribution is 2.54. The van der Waals surface area contributed by atoms with Crippen LogP contribution in [-0.2, 0) is 23.8 Å². The van der Waals surface area contributed by atoms with Crippen LogP contribution in [0.1, 0.15) is 38.9 Å². The number of hydrogen-bond acceptors (Lipinski definition) is 7. The van der Waals surface area contributed by atoms with E-state index in [1.807, 2.05) is 18.2 Å². The number of fused-ring (bicyclic) bond motifs is 1. The van der Waals surface area contributed by atoms with Crippen LogP contribution in [0.4, 0.5) is 0 Å². The van der Waals surface area contributed by atoms with E-state index in [-0.39, 0.29) is 18.3 Å². The highest BCUT2D eigenvalue weighted by Gasteiger charge is 2.63. The maximum absolute atomic E-state index is 13.6. The predicted octanol–water partition coefficient (Wildman–Crippen LogP) is 4.64. The van der Waals surface area contributed by atoms with Crippen molar-refractivity contribution in [1.82, 2.24) is 0 Å². The lowest BCUT2D eigenvalue weighted by Gasteiger charge is -2.45. The number of carbonyl (C=O) groups excluding carboxylic acids is 2. The van der Waals surface area contributed by atoms with Crippen LogP contribution in [0.25, 0.3) is 0 Å². The van der Waals surface area contributed by atoms with E-state index in [0.717, 1.165) is 0 Å². The Morgan fingerprint density at radius 1 is 0.850 bits per heavy atom. The first-order chi connectivity index (χ1) is 19.2. The number of hydrogen-bond donors (Lipinski definition) is 0. The van der Waals surface area contributed by atoms with Crippen LogP contribution in [0.5, 0.6) is 11.5 Å². The quantitative estimate of drug-likeness (QED) is 0.237. The van der Waals surface area contributed by atoms with Gasteiger partial charge in [-0.05, 0) is 28.8 Å². The summed E-state index contributed by atoms with van der Waals surface area (Å²) >= 11 is 0. The number of esters is 2. The van der Waals surface area contributed by atoms with Crippen LogP contribution in [0.2, 0.25) is 11.1 Å². The summed E-state index contributed by atoms with van der Waals surface area (Å²) in [5.41, 5.74) is -1.04. The van der Waals surface area contributed by atoms with Gasteiger partial charge in [-0.2, -0.15) is 0 Å². The van der Waals surface area contributed by atoms with Gasteiger partial charge in [0.2, 0.25) is 6.79 Å². The molecule has 2 unspecified atom stereocenters. The third-order valence-electron chi connectivity index (χ3n) is 8.47. The number of ether oxygens (including phenoxy) is 5. The van der Waals surface area contributed by atoms with Crippen molar-refractivity contribution in [3.8, 4) is 11.5 Å². The first kappa shape index (κ1) is 27.9. The van der Waals surface area contributed by atoms with Crippen molar-refractivity contribution in [3.63, 3.8) is 0 Å². The van der Waals surface area contributed by atoms with Crippen LogP contribution in [0.3, 0.4) is 0 Å². The molecule has 5 rings (SSSR count). The summed E-state index contributed by atoms with van der Waals surface area (Å²) in [5.74, 6) is -0.202. The van der Waals surface area contributed by atoms with Crippen molar-refractivity contribution in [2.24, 2.45) is 5.41 Å². The molecule has 3 aromatic rings. The average Bonchev–Trinajstić information content (AvgIpc) is 3.60. The van der Waals surface area contributed by atoms with Crippen molar-refractivity contribution >= 4 is 30.4 Å². The molecule has 0 amide bonds. The van der Waals surface area contributed by atoms with Crippen molar-refractivity contribution < 1.29 is 33.3 Å². The number of methoxy groups -OCH3 is 2. The third-order valence-corrected chi connectivity index (χ3v) is 14.7. The lowest BCUT2D eigenvalue weighted by Crippen LogP contribution is -2.65. The topological polar surface area (TPSA) is 80.3 Å². The summed E-state index contributed by atoms with van der Waals surface area (Å²) in [5, 5.41) is 2.41. The average molecular weight is 561 g/mol. The Hall–Kier alpha value is -3.62. The first-order valence-corrected chi connectivity index (χ1v) is 15.7. The molecule has 40 heavy (non-hydrogen) atoms. The van der Waals surface area contributed by atoms with Crippen molar-refractivity contribution in [1.29, 1.82) is 0 Å². The fourth-order valence-corrected chi connectivity index (χ4v) is 12.2. The Labute approximate surface area is 236 Å². The molecule has 7 nitrogen and oxygen atoms in total. The molecule has 8 heteroatoms. The molecule has 2 atom stereocenters. The Balaban J connectivity index is 1.65. The van der Waals surface area contributed by atoms with Crippen LogP contribution >= 0.6 is 0 Å². The monoisotopic (exact) mass is 560 g/mol. The van der Waals surface area contributed by atoms with Crippen molar-refractivity contribution in [2.75, 3.05) is 21.0 Å². The molecule has 210 valence electrons. The molecule has 2 aliphatic rings. The standard InChI is InChI=1S/C32H36O7Si/c1-31(2,3)40(24-12-8-6-9-13-24,25-14-10-7-11-15-25)20-23-19-32(29(33)35-4,30(34)36-5)28(39-23)22-16-17-26-27(18-22)38-21-37-26/h6-18,23,28H,19-21H2,1-5H3. The zero-order valence-corrected chi connectivity index (χ0v) is 24.6. The van der Waals surface area contributed by atoms with Gasteiger partial charge in [-0.1, -0.05) is 97.9 Å². The number of benzene rings is 3. The van der Waals surface area contributed by atoms with Gasteiger partial charge in [0, 0.05) is 6.42 Å². The van der Waals surface area contributed by atoms with Crippen molar-refractivity contribution in [2.45, 2.75) is 50.5 Å². The second-order valence-corrected chi connectivity index (χ2v) is 16.4. The summed E-state index contributed by atoms with van der Waals surface area (Å²) in [6, 6.07) is 27.1. The highest BCUT2D eigenvalue weighted by molar-refractivity contribution is 7.04. The molecule has 0 radical (unpaired) electrons. The van der Waals surface area contributed by atoms with Gasteiger partial charge in [0.15, 0.2) is 16.9 Å². The van der Waals surface area contributed by atoms with Crippen LogP contribution in [0.15, 0.2) is 78.9 Å². The molecular weight excluding hydrogens is 524 g/mol. The zero-order valence-electron chi connectivity index (χ0n) is 23.6. The van der Waals surface area contributed by atoms with E-state index in [1.54, 1.807) is 12.1 Å². The lowest BCUT2D eigenvalue weighted by atomic mass is 9.77. The van der Waals surface area contributed by atoms with Gasteiger partial charge in [0.1, 0.15) is 14.2 Å². The molecular formula is C32H36O7Si. The summed E-state index contributed by atoms with van der Waals surface area (Å²) in [7, 11) is -0.00627. The van der Waals surface area contributed by atoms with E-state index in [1.165, 1.54) is 24.6 Å². The van der Waals surface area contributed by atoms with Gasteiger partial charge in [0.25, 0.3) is 0 Å². The molecule has 1 fully saturated rings. The minimum absolute atomic E-state index is 0.111. The molecule has 1 saturated heterocycles. The molecule has 3 aromatic carbocycles. The molecule has 0 saturated carbocycles. The van der Waals surface area contributed by atoms with E-state index < -0.39 is 37.6 Å². The Bertz CT molecular complexity index is 1310. The minimum atomic E-state index is -2.59. The smallest absolute Gasteiger partial charge is 0.326 e. The predicted molar refractivity (Wildman–Crippen MR) is 154 cm³/mol. The maximum atomic E-state index is 13.6. The minimum Gasteiger partial charge on any atom is -0.468 e. The molecule has 2 heterocycles. The lowest BCUT2D eigenvalue weighted by molar-refractivity contribution is -0.173. The summed E-state index contributed by atoms with van der Waals surface area (Å²) in [4.78, 5) is 27.1. The fourth-order valence-electron chi connectivity index (χ4n) is 6.57. The van der Waals surface area contributed by atoms with Crippen molar-refractivity contribution in [3.05, 3.63) is 84.4 Å². The third kappa shape index (κ3) is 4.49. The molecule has 0 aliphatic carbocycles.